The maximum Gasteiger partial charge on any atom is 0.309 e. The largest absolute Gasteiger partial charge is 0.463 e. The Morgan fingerprint density at radius 2 is 2.00 bits per heavy atom. The molecule has 0 aromatic heterocycles. The molecule has 6 heteroatoms. The van der Waals surface area contributed by atoms with Gasteiger partial charge in [0.2, 0.25) is 0 Å². The van der Waals surface area contributed by atoms with E-state index in [1.54, 1.807) is 13.8 Å². The molecule has 0 saturated carbocycles. The average molecular weight is 209 g/mol. The fourth-order valence-corrected chi connectivity index (χ4v) is 1.75. The van der Waals surface area contributed by atoms with Crippen LogP contribution in [0.15, 0.2) is 0 Å². The Hall–Kier alpha value is -0.380. The molecule has 0 heterocycles. The highest BCUT2D eigenvalue weighted by molar-refractivity contribution is 7.55. The fourth-order valence-electron chi connectivity index (χ4n) is 0.815. The topological polar surface area (TPSA) is 89.6 Å². The zero-order valence-corrected chi connectivity index (χ0v) is 8.95. The summed E-state index contributed by atoms with van der Waals surface area (Å²) in [6.07, 6.45) is -0.454. The third-order valence-electron chi connectivity index (χ3n) is 1.29. The van der Waals surface area contributed by atoms with E-state index in [0.29, 0.717) is 0 Å². The molecule has 0 aromatic rings. The lowest BCUT2D eigenvalue weighted by atomic mass is 10.2. The molecule has 3 N–H and O–H groups in total. The number of esters is 1. The van der Waals surface area contributed by atoms with Gasteiger partial charge in [-0.25, -0.2) is 0 Å². The van der Waals surface area contributed by atoms with E-state index in [0.717, 1.165) is 0 Å². The Labute approximate surface area is 77.8 Å². The molecule has 0 aliphatic heterocycles. The van der Waals surface area contributed by atoms with Crippen molar-refractivity contribution in [1.82, 2.24) is 0 Å². The van der Waals surface area contributed by atoms with Crippen molar-refractivity contribution in [3.8, 4) is 0 Å². The van der Waals surface area contributed by atoms with Gasteiger partial charge in [0.1, 0.15) is 0 Å². The van der Waals surface area contributed by atoms with Crippen LogP contribution in [0.4, 0.5) is 0 Å². The van der Waals surface area contributed by atoms with Crippen LogP contribution in [0, 0.1) is 5.92 Å². The highest BCUT2D eigenvalue weighted by Crippen LogP contribution is 2.32. The Morgan fingerprint density at radius 1 is 1.54 bits per heavy atom. The molecule has 0 aliphatic rings. The zero-order chi connectivity index (χ0) is 10.6. The van der Waals surface area contributed by atoms with Gasteiger partial charge in [0.15, 0.2) is 0 Å². The van der Waals surface area contributed by atoms with Crippen LogP contribution in [-0.2, 0) is 14.1 Å². The van der Waals surface area contributed by atoms with E-state index in [1.807, 2.05) is 0 Å². The van der Waals surface area contributed by atoms with Gasteiger partial charge in [-0.2, -0.15) is 0 Å². The van der Waals surface area contributed by atoms with Gasteiger partial charge in [-0.05, 0) is 13.8 Å². The van der Waals surface area contributed by atoms with Crippen molar-refractivity contribution in [2.75, 3.05) is 6.16 Å². The van der Waals surface area contributed by atoms with Crippen molar-refractivity contribution < 1.29 is 19.0 Å². The number of carbonyl (C=O) groups excluding carboxylic acids is 1. The summed E-state index contributed by atoms with van der Waals surface area (Å²) in [5.74, 6) is -1.13. The van der Waals surface area contributed by atoms with Crippen LogP contribution in [0.25, 0.3) is 0 Å². The second-order valence-corrected chi connectivity index (χ2v) is 5.20. The zero-order valence-electron chi connectivity index (χ0n) is 8.06. The molecule has 0 aromatic carbocycles. The standard InChI is InChI=1S/C7H16NO4P/c1-5(2)12-7(9)6(3)4-13(8,10)11/h5-6H,4H2,1-3H3,(H3,8,10,11)/t6-/m1/s1. The predicted molar refractivity (Wildman–Crippen MR) is 49.3 cm³/mol. The second-order valence-electron chi connectivity index (χ2n) is 3.32. The quantitative estimate of drug-likeness (QED) is 0.526. The minimum atomic E-state index is -3.62. The predicted octanol–water partition coefficient (Wildman–Crippen LogP) is 0.718. The number of nitrogens with two attached hydrogens (primary N) is 1. The highest BCUT2D eigenvalue weighted by atomic mass is 31.2. The highest BCUT2D eigenvalue weighted by Gasteiger charge is 2.23. The van der Waals surface area contributed by atoms with Crippen LogP contribution in [0.3, 0.4) is 0 Å². The minimum Gasteiger partial charge on any atom is -0.463 e. The third-order valence-corrected chi connectivity index (χ3v) is 2.36. The van der Waals surface area contributed by atoms with Crippen LogP contribution in [0.5, 0.6) is 0 Å². The molecular weight excluding hydrogens is 193 g/mol. The molecule has 0 fully saturated rings. The summed E-state index contributed by atoms with van der Waals surface area (Å²) in [4.78, 5) is 19.9. The maximum absolute atomic E-state index is 11.1. The van der Waals surface area contributed by atoms with Crippen LogP contribution in [0.2, 0.25) is 0 Å². The van der Waals surface area contributed by atoms with E-state index in [4.69, 9.17) is 15.1 Å². The first-order valence-electron chi connectivity index (χ1n) is 4.03. The molecule has 0 bridgehead atoms. The van der Waals surface area contributed by atoms with Gasteiger partial charge in [0.05, 0.1) is 18.2 Å². The number of carbonyl (C=O) groups is 1. The molecule has 2 atom stereocenters. The molecule has 0 spiro atoms. The van der Waals surface area contributed by atoms with Gasteiger partial charge in [0.25, 0.3) is 7.52 Å². The van der Waals surface area contributed by atoms with Crippen molar-refractivity contribution in [3.63, 3.8) is 0 Å². The van der Waals surface area contributed by atoms with Crippen LogP contribution >= 0.6 is 7.52 Å². The van der Waals surface area contributed by atoms with Gasteiger partial charge < -0.3 is 9.63 Å². The molecule has 5 nitrogen and oxygen atoms in total. The summed E-state index contributed by atoms with van der Waals surface area (Å²) in [7, 11) is -3.62. The first-order valence-corrected chi connectivity index (χ1v) is 5.94. The number of hydrogen-bond acceptors (Lipinski definition) is 3. The smallest absolute Gasteiger partial charge is 0.309 e. The van der Waals surface area contributed by atoms with Crippen molar-refractivity contribution in [2.24, 2.45) is 11.4 Å². The molecule has 1 unspecified atom stereocenters. The molecule has 0 aliphatic carbocycles. The summed E-state index contributed by atoms with van der Waals surface area (Å²) in [5, 5.41) is 0. The van der Waals surface area contributed by atoms with Crippen molar-refractivity contribution in [1.29, 1.82) is 0 Å². The Kier molecular flexibility index (Phi) is 4.61. The third kappa shape index (κ3) is 6.75. The first-order chi connectivity index (χ1) is 5.72. The number of rotatable bonds is 4. The van der Waals surface area contributed by atoms with Gasteiger partial charge in [-0.3, -0.25) is 14.9 Å². The van der Waals surface area contributed by atoms with Gasteiger partial charge in [-0.1, -0.05) is 6.92 Å². The van der Waals surface area contributed by atoms with E-state index in [2.05, 4.69) is 0 Å². The fraction of sp³-hybridized carbons (Fsp3) is 0.857. The Balaban J connectivity index is 4.05. The van der Waals surface area contributed by atoms with Gasteiger partial charge in [-0.15, -0.1) is 0 Å². The summed E-state index contributed by atoms with van der Waals surface area (Å²) >= 11 is 0. The van der Waals surface area contributed by atoms with Gasteiger partial charge >= 0.3 is 5.97 Å². The second kappa shape index (κ2) is 4.74. The lowest BCUT2D eigenvalue weighted by Gasteiger charge is -2.14. The van der Waals surface area contributed by atoms with Crippen LogP contribution < -0.4 is 5.50 Å². The van der Waals surface area contributed by atoms with Crippen molar-refractivity contribution in [2.45, 2.75) is 26.9 Å². The molecule has 0 rings (SSSR count). The molecule has 78 valence electrons. The van der Waals surface area contributed by atoms with E-state index in [9.17, 15) is 9.36 Å². The molecule has 0 amide bonds. The SMILES string of the molecule is CC(C)OC(=O)[C@H](C)CP(N)(=O)O. The average Bonchev–Trinajstić information content (AvgIpc) is 1.81. The minimum absolute atomic E-state index is 0.217. The first kappa shape index (κ1) is 12.6. The molecular formula is C7H16NO4P. The molecule has 0 radical (unpaired) electrons. The van der Waals surface area contributed by atoms with Gasteiger partial charge in [0, 0.05) is 0 Å². The summed E-state index contributed by atoms with van der Waals surface area (Å²) < 4.78 is 15.6. The molecule has 0 saturated heterocycles. The van der Waals surface area contributed by atoms with E-state index < -0.39 is 19.4 Å². The summed E-state index contributed by atoms with van der Waals surface area (Å²) in [6, 6.07) is 0. The van der Waals surface area contributed by atoms with Crippen LogP contribution in [0.1, 0.15) is 20.8 Å². The Morgan fingerprint density at radius 3 is 2.31 bits per heavy atom. The van der Waals surface area contributed by atoms with E-state index in [-0.39, 0.29) is 12.3 Å². The van der Waals surface area contributed by atoms with Crippen molar-refractivity contribution >= 4 is 13.5 Å². The van der Waals surface area contributed by atoms with E-state index >= 15 is 0 Å². The lowest BCUT2D eigenvalue weighted by Crippen LogP contribution is -2.22. The Bertz CT molecular complexity index is 223. The summed E-state index contributed by atoms with van der Waals surface area (Å²) in [5.41, 5.74) is 4.91. The monoisotopic (exact) mass is 209 g/mol. The lowest BCUT2D eigenvalue weighted by molar-refractivity contribution is -0.151. The van der Waals surface area contributed by atoms with Crippen LogP contribution in [-0.4, -0.2) is 23.1 Å². The summed E-state index contributed by atoms with van der Waals surface area (Å²) in [6.45, 7) is 4.94. The normalized spacial score (nSPS) is 18.0. The molecule has 13 heavy (non-hydrogen) atoms. The number of hydrogen-bond donors (Lipinski definition) is 2. The number of ether oxygens (including phenoxy) is 1. The maximum atomic E-state index is 11.1. The van der Waals surface area contributed by atoms with Crippen molar-refractivity contribution in [3.05, 3.63) is 0 Å². The van der Waals surface area contributed by atoms with E-state index in [1.165, 1.54) is 6.92 Å².